The Morgan fingerprint density at radius 2 is 2.05 bits per heavy atom. The van der Waals surface area contributed by atoms with E-state index in [1.54, 1.807) is 6.92 Å². The first kappa shape index (κ1) is 16.2. The molecule has 0 bridgehead atoms. The van der Waals surface area contributed by atoms with Crippen molar-refractivity contribution < 1.29 is 14.3 Å². The minimum atomic E-state index is -0.338. The van der Waals surface area contributed by atoms with E-state index in [0.717, 1.165) is 25.9 Å². The number of unbranched alkanes of at least 4 members (excludes halogenated alkanes) is 2. The normalized spacial score (nSPS) is 9.65. The number of ether oxygens (including phenoxy) is 2. The maximum absolute atomic E-state index is 11.0. The van der Waals surface area contributed by atoms with Gasteiger partial charge in [-0.05, 0) is 37.8 Å². The summed E-state index contributed by atoms with van der Waals surface area (Å²) in [6.45, 7) is 3.60. The lowest BCUT2D eigenvalue weighted by Crippen LogP contribution is -1.97. The maximum Gasteiger partial charge on any atom is 0.338 e. The Bertz CT molecular complexity index is 431. The van der Waals surface area contributed by atoms with Gasteiger partial charge in [0, 0.05) is 6.61 Å². The van der Waals surface area contributed by atoms with E-state index >= 15 is 0 Å². The van der Waals surface area contributed by atoms with Crippen LogP contribution in [0.4, 0.5) is 0 Å². The third kappa shape index (κ3) is 8.30. The average molecular weight is 274 g/mol. The van der Waals surface area contributed by atoms with Gasteiger partial charge < -0.3 is 9.47 Å². The first-order valence-electron chi connectivity index (χ1n) is 7.02. The highest BCUT2D eigenvalue weighted by Crippen LogP contribution is 2.02. The van der Waals surface area contributed by atoms with Crippen molar-refractivity contribution in [3.05, 3.63) is 53.8 Å². The second kappa shape index (κ2) is 11.0. The molecule has 0 unspecified atom stereocenters. The van der Waals surface area contributed by atoms with Gasteiger partial charge in [-0.25, -0.2) is 4.79 Å². The van der Waals surface area contributed by atoms with E-state index < -0.39 is 0 Å². The van der Waals surface area contributed by atoms with E-state index in [2.05, 4.69) is 17.9 Å². The summed E-state index contributed by atoms with van der Waals surface area (Å²) < 4.78 is 10.3. The van der Waals surface area contributed by atoms with Crippen LogP contribution in [0.3, 0.4) is 0 Å². The van der Waals surface area contributed by atoms with Gasteiger partial charge in [0.05, 0.1) is 19.3 Å². The molecule has 0 aliphatic heterocycles. The zero-order valence-corrected chi connectivity index (χ0v) is 12.0. The third-order valence-electron chi connectivity index (χ3n) is 2.60. The smallest absolute Gasteiger partial charge is 0.338 e. The third-order valence-corrected chi connectivity index (χ3v) is 2.60. The van der Waals surface area contributed by atoms with Crippen LogP contribution in [0.2, 0.25) is 0 Å². The average Bonchev–Trinajstić information content (AvgIpc) is 2.47. The minimum absolute atomic E-state index is 0.338. The number of esters is 1. The van der Waals surface area contributed by atoms with Gasteiger partial charge in [-0.15, -0.1) is 5.73 Å². The molecule has 0 N–H and O–H groups in total. The second-order valence-electron chi connectivity index (χ2n) is 4.30. The van der Waals surface area contributed by atoms with E-state index in [0.29, 0.717) is 13.2 Å². The molecule has 3 heteroatoms. The molecule has 20 heavy (non-hydrogen) atoms. The van der Waals surface area contributed by atoms with Gasteiger partial charge in [-0.2, -0.15) is 0 Å². The monoisotopic (exact) mass is 274 g/mol. The molecule has 0 aliphatic rings. The van der Waals surface area contributed by atoms with Crippen molar-refractivity contribution in [3.8, 4) is 0 Å². The minimum Gasteiger partial charge on any atom is -0.462 e. The quantitative estimate of drug-likeness (QED) is 0.298. The van der Waals surface area contributed by atoms with Crippen LogP contribution < -0.4 is 0 Å². The predicted octanol–water partition coefficient (Wildman–Crippen LogP) is 3.65. The van der Waals surface area contributed by atoms with Crippen molar-refractivity contribution in [3.63, 3.8) is 0 Å². The molecule has 0 aromatic heterocycles. The molecule has 0 fully saturated rings. The lowest BCUT2D eigenvalue weighted by molar-refractivity contribution is -0.137. The van der Waals surface area contributed by atoms with Crippen LogP contribution in [0, 0.1) is 0 Å². The molecule has 0 saturated carbocycles. The van der Waals surface area contributed by atoms with Crippen molar-refractivity contribution in [2.75, 3.05) is 13.2 Å². The fourth-order valence-electron chi connectivity index (χ4n) is 1.61. The van der Waals surface area contributed by atoms with Crippen molar-refractivity contribution in [1.29, 1.82) is 0 Å². The van der Waals surface area contributed by atoms with Gasteiger partial charge in [0.1, 0.15) is 0 Å². The van der Waals surface area contributed by atoms with Gasteiger partial charge in [-0.3, -0.25) is 0 Å². The number of carbonyl (C=O) groups is 1. The van der Waals surface area contributed by atoms with Crippen LogP contribution in [0.1, 0.15) is 31.7 Å². The SMILES string of the molecule is CCOC(=O)C=C=CCCCCOCc1ccccc1. The summed E-state index contributed by atoms with van der Waals surface area (Å²) >= 11 is 0. The summed E-state index contributed by atoms with van der Waals surface area (Å²) in [7, 11) is 0. The number of hydrogen-bond acceptors (Lipinski definition) is 3. The van der Waals surface area contributed by atoms with Crippen molar-refractivity contribution in [2.45, 2.75) is 32.8 Å². The summed E-state index contributed by atoms with van der Waals surface area (Å²) in [5.41, 5.74) is 4.02. The molecule has 0 radical (unpaired) electrons. The van der Waals surface area contributed by atoms with E-state index in [9.17, 15) is 4.79 Å². The highest BCUT2D eigenvalue weighted by Gasteiger charge is 1.92. The fraction of sp³-hybridized carbons (Fsp3) is 0.412. The van der Waals surface area contributed by atoms with Crippen LogP contribution in [-0.2, 0) is 20.9 Å². The summed E-state index contributed by atoms with van der Waals surface area (Å²) in [4.78, 5) is 11.0. The Morgan fingerprint density at radius 1 is 1.25 bits per heavy atom. The molecule has 1 aromatic carbocycles. The topological polar surface area (TPSA) is 35.5 Å². The Hall–Kier alpha value is -1.83. The lowest BCUT2D eigenvalue weighted by atomic mass is 10.2. The summed E-state index contributed by atoms with van der Waals surface area (Å²) in [5.74, 6) is -0.338. The number of benzene rings is 1. The molecule has 3 nitrogen and oxygen atoms in total. The Kier molecular flexibility index (Phi) is 8.95. The molecule has 0 atom stereocenters. The maximum atomic E-state index is 11.0. The summed E-state index contributed by atoms with van der Waals surface area (Å²) in [6.07, 6.45) is 6.11. The van der Waals surface area contributed by atoms with Gasteiger partial charge in [-0.1, -0.05) is 30.3 Å². The first-order chi connectivity index (χ1) is 9.83. The van der Waals surface area contributed by atoms with Gasteiger partial charge in [0.2, 0.25) is 0 Å². The van der Waals surface area contributed by atoms with Crippen LogP contribution in [-0.4, -0.2) is 19.2 Å². The van der Waals surface area contributed by atoms with E-state index in [1.165, 1.54) is 11.6 Å². The predicted molar refractivity (Wildman–Crippen MR) is 79.2 cm³/mol. The highest BCUT2D eigenvalue weighted by atomic mass is 16.5. The van der Waals surface area contributed by atoms with E-state index in [1.807, 2.05) is 24.3 Å². The standard InChI is InChI=1S/C17H22O3/c1-2-20-17(18)13-9-4-3-5-10-14-19-15-16-11-7-6-8-12-16/h4,6-8,11-13H,2-3,5,10,14-15H2,1H3. The van der Waals surface area contributed by atoms with E-state index in [-0.39, 0.29) is 5.97 Å². The molecular weight excluding hydrogens is 252 g/mol. The van der Waals surface area contributed by atoms with Crippen molar-refractivity contribution >= 4 is 5.97 Å². The van der Waals surface area contributed by atoms with Gasteiger partial charge >= 0.3 is 5.97 Å². The molecule has 0 aliphatic carbocycles. The van der Waals surface area contributed by atoms with E-state index in [4.69, 9.17) is 9.47 Å². The van der Waals surface area contributed by atoms with Crippen LogP contribution in [0.15, 0.2) is 48.2 Å². The van der Waals surface area contributed by atoms with Gasteiger partial charge in [0.25, 0.3) is 0 Å². The van der Waals surface area contributed by atoms with Crippen molar-refractivity contribution in [2.24, 2.45) is 0 Å². The number of rotatable bonds is 9. The van der Waals surface area contributed by atoms with Crippen LogP contribution in [0.5, 0.6) is 0 Å². The molecule has 1 aromatic rings. The number of hydrogen-bond donors (Lipinski definition) is 0. The highest BCUT2D eigenvalue weighted by molar-refractivity contribution is 5.81. The van der Waals surface area contributed by atoms with Crippen molar-refractivity contribution in [1.82, 2.24) is 0 Å². The molecule has 0 spiro atoms. The van der Waals surface area contributed by atoms with Crippen LogP contribution in [0.25, 0.3) is 0 Å². The largest absolute Gasteiger partial charge is 0.462 e. The zero-order chi connectivity index (χ0) is 14.5. The Labute approximate surface area is 120 Å². The lowest BCUT2D eigenvalue weighted by Gasteiger charge is -2.03. The second-order valence-corrected chi connectivity index (χ2v) is 4.30. The fourth-order valence-corrected chi connectivity index (χ4v) is 1.61. The molecule has 108 valence electrons. The Morgan fingerprint density at radius 3 is 2.80 bits per heavy atom. The molecule has 0 heterocycles. The first-order valence-corrected chi connectivity index (χ1v) is 7.02. The zero-order valence-electron chi connectivity index (χ0n) is 12.0. The Balaban J connectivity index is 2.00. The number of carbonyl (C=O) groups excluding carboxylic acids is 1. The molecule has 1 rings (SSSR count). The van der Waals surface area contributed by atoms with Gasteiger partial charge in [0.15, 0.2) is 0 Å². The molecular formula is C17H22O3. The molecule has 0 saturated heterocycles. The summed E-state index contributed by atoms with van der Waals surface area (Å²) in [6, 6.07) is 10.1. The molecule has 0 amide bonds. The summed E-state index contributed by atoms with van der Waals surface area (Å²) in [5, 5.41) is 0. The van der Waals surface area contributed by atoms with Crippen LogP contribution >= 0.6 is 0 Å².